The van der Waals surface area contributed by atoms with Gasteiger partial charge in [0.15, 0.2) is 0 Å². The molecule has 21 heavy (non-hydrogen) atoms. The van der Waals surface area contributed by atoms with E-state index >= 15 is 0 Å². The van der Waals surface area contributed by atoms with Gasteiger partial charge in [-0.3, -0.25) is 4.79 Å². The van der Waals surface area contributed by atoms with Crippen LogP contribution in [0.2, 0.25) is 0 Å². The molecule has 4 nitrogen and oxygen atoms in total. The number of thiophene rings is 1. The first-order valence-electron chi connectivity index (χ1n) is 6.34. The number of carbonyl (C=O) groups excluding carboxylic acids is 1. The number of amides is 1. The Hall–Kier alpha value is -2.02. The minimum absolute atomic E-state index is 0.214. The van der Waals surface area contributed by atoms with E-state index in [1.807, 2.05) is 47.2 Å². The molecule has 2 aromatic heterocycles. The summed E-state index contributed by atoms with van der Waals surface area (Å²) >= 11 is 3.04. The van der Waals surface area contributed by atoms with Crippen molar-refractivity contribution in [3.8, 4) is 10.6 Å². The first-order chi connectivity index (χ1) is 10.2. The number of anilines is 1. The van der Waals surface area contributed by atoms with Crippen LogP contribution in [0.5, 0.6) is 0 Å². The van der Waals surface area contributed by atoms with E-state index < -0.39 is 6.04 Å². The summed E-state index contributed by atoms with van der Waals surface area (Å²) in [5.74, 6) is -0.214. The van der Waals surface area contributed by atoms with Gasteiger partial charge in [0.1, 0.15) is 11.0 Å². The maximum Gasteiger partial charge on any atom is 0.246 e. The van der Waals surface area contributed by atoms with Crippen LogP contribution in [0.4, 0.5) is 5.69 Å². The Morgan fingerprint density at radius 1 is 1.19 bits per heavy atom. The predicted molar refractivity (Wildman–Crippen MR) is 87.4 cm³/mol. The van der Waals surface area contributed by atoms with Crippen molar-refractivity contribution in [3.05, 3.63) is 58.2 Å². The van der Waals surface area contributed by atoms with Crippen LogP contribution in [0.3, 0.4) is 0 Å². The Balaban J connectivity index is 1.76. The minimum Gasteiger partial charge on any atom is -0.324 e. The van der Waals surface area contributed by atoms with Gasteiger partial charge >= 0.3 is 0 Å². The molecule has 0 spiro atoms. The molecule has 6 heteroatoms. The molecule has 0 radical (unpaired) electrons. The van der Waals surface area contributed by atoms with Gasteiger partial charge in [-0.1, -0.05) is 18.2 Å². The van der Waals surface area contributed by atoms with Crippen molar-refractivity contribution in [2.75, 3.05) is 5.32 Å². The van der Waals surface area contributed by atoms with Crippen molar-refractivity contribution in [2.45, 2.75) is 6.04 Å². The summed E-state index contributed by atoms with van der Waals surface area (Å²) in [5, 5.41) is 7.61. The Bertz CT molecular complexity index is 723. The summed E-state index contributed by atoms with van der Waals surface area (Å²) in [7, 11) is 0. The lowest BCUT2D eigenvalue weighted by Gasteiger charge is -2.11. The number of thiazole rings is 1. The number of nitrogens with one attached hydrogen (secondary N) is 1. The number of benzene rings is 1. The zero-order chi connectivity index (χ0) is 14.7. The van der Waals surface area contributed by atoms with Crippen molar-refractivity contribution in [1.82, 2.24) is 4.98 Å². The van der Waals surface area contributed by atoms with E-state index in [1.165, 1.54) is 11.3 Å². The first-order valence-corrected chi connectivity index (χ1v) is 8.10. The van der Waals surface area contributed by atoms with Gasteiger partial charge in [0.2, 0.25) is 5.91 Å². The lowest BCUT2D eigenvalue weighted by Crippen LogP contribution is -2.26. The molecule has 1 atom stereocenters. The Morgan fingerprint density at radius 2 is 2.10 bits per heavy atom. The Labute approximate surface area is 130 Å². The van der Waals surface area contributed by atoms with E-state index in [1.54, 1.807) is 17.5 Å². The second-order valence-electron chi connectivity index (χ2n) is 4.40. The van der Waals surface area contributed by atoms with E-state index in [4.69, 9.17) is 5.73 Å². The molecule has 0 fully saturated rings. The van der Waals surface area contributed by atoms with Crippen molar-refractivity contribution >= 4 is 34.3 Å². The lowest BCUT2D eigenvalue weighted by molar-refractivity contribution is -0.117. The molecule has 0 aliphatic carbocycles. The van der Waals surface area contributed by atoms with E-state index in [0.29, 0.717) is 0 Å². The van der Waals surface area contributed by atoms with Crippen LogP contribution in [0.25, 0.3) is 10.6 Å². The highest BCUT2D eigenvalue weighted by atomic mass is 32.1. The summed E-state index contributed by atoms with van der Waals surface area (Å²) in [5.41, 5.74) is 7.65. The van der Waals surface area contributed by atoms with Gasteiger partial charge in [-0.25, -0.2) is 4.98 Å². The van der Waals surface area contributed by atoms with Crippen LogP contribution in [0, 0.1) is 0 Å². The van der Waals surface area contributed by atoms with E-state index in [0.717, 1.165) is 21.1 Å². The van der Waals surface area contributed by atoms with Crippen LogP contribution in [0.15, 0.2) is 53.4 Å². The third-order valence-corrected chi connectivity index (χ3v) is 4.72. The molecular weight excluding hydrogens is 302 g/mol. The fourth-order valence-electron chi connectivity index (χ4n) is 1.91. The molecule has 3 N–H and O–H groups in total. The topological polar surface area (TPSA) is 68.0 Å². The predicted octanol–water partition coefficient (Wildman–Crippen LogP) is 3.51. The van der Waals surface area contributed by atoms with E-state index in [2.05, 4.69) is 10.3 Å². The summed E-state index contributed by atoms with van der Waals surface area (Å²) in [6.07, 6.45) is 1.76. The molecule has 0 aliphatic heterocycles. The average Bonchev–Trinajstić information content (AvgIpc) is 3.20. The monoisotopic (exact) mass is 315 g/mol. The average molecular weight is 315 g/mol. The molecule has 3 aromatic rings. The molecule has 1 aromatic carbocycles. The van der Waals surface area contributed by atoms with Crippen LogP contribution < -0.4 is 11.1 Å². The van der Waals surface area contributed by atoms with Crippen LogP contribution in [-0.4, -0.2) is 10.9 Å². The zero-order valence-electron chi connectivity index (χ0n) is 11.0. The van der Waals surface area contributed by atoms with Crippen molar-refractivity contribution < 1.29 is 4.79 Å². The number of nitrogens with zero attached hydrogens (tertiary/aromatic N) is 1. The fourth-order valence-corrected chi connectivity index (χ4v) is 3.27. The van der Waals surface area contributed by atoms with E-state index in [9.17, 15) is 4.79 Å². The second-order valence-corrected chi connectivity index (χ2v) is 6.27. The highest BCUT2D eigenvalue weighted by Gasteiger charge is 2.16. The molecule has 1 unspecified atom stereocenters. The summed E-state index contributed by atoms with van der Waals surface area (Å²) < 4.78 is 0. The maximum absolute atomic E-state index is 12.2. The number of rotatable bonds is 4. The number of hydrogen-bond acceptors (Lipinski definition) is 5. The normalized spacial score (nSPS) is 12.0. The first kappa shape index (κ1) is 13.9. The van der Waals surface area contributed by atoms with Crippen LogP contribution in [0.1, 0.15) is 10.9 Å². The molecule has 0 aliphatic rings. The molecule has 106 valence electrons. The molecule has 0 saturated heterocycles. The van der Waals surface area contributed by atoms with Gasteiger partial charge in [0.25, 0.3) is 0 Å². The second kappa shape index (κ2) is 6.17. The van der Waals surface area contributed by atoms with Gasteiger partial charge in [0.05, 0.1) is 0 Å². The lowest BCUT2D eigenvalue weighted by atomic mass is 10.2. The van der Waals surface area contributed by atoms with Crippen molar-refractivity contribution in [2.24, 2.45) is 5.73 Å². The number of aromatic nitrogens is 1. The smallest absolute Gasteiger partial charge is 0.246 e. The quantitative estimate of drug-likeness (QED) is 0.774. The fraction of sp³-hybridized carbons (Fsp3) is 0.0667. The number of carbonyl (C=O) groups is 1. The summed E-state index contributed by atoms with van der Waals surface area (Å²) in [6.45, 7) is 0. The van der Waals surface area contributed by atoms with Crippen LogP contribution in [-0.2, 0) is 4.79 Å². The van der Waals surface area contributed by atoms with E-state index in [-0.39, 0.29) is 5.91 Å². The molecule has 0 bridgehead atoms. The van der Waals surface area contributed by atoms with Gasteiger partial charge < -0.3 is 11.1 Å². The minimum atomic E-state index is -0.645. The van der Waals surface area contributed by atoms with Gasteiger partial charge in [-0.05, 0) is 23.6 Å². The number of hydrogen-bond donors (Lipinski definition) is 2. The zero-order valence-corrected chi connectivity index (χ0v) is 12.7. The largest absolute Gasteiger partial charge is 0.324 e. The molecule has 2 heterocycles. The Kier molecular flexibility index (Phi) is 4.10. The summed E-state index contributed by atoms with van der Waals surface area (Å²) in [6, 6.07) is 10.7. The molecular formula is C15H13N3OS2. The number of nitrogens with two attached hydrogens (primary N) is 1. The standard InChI is InChI=1S/C15H13N3OS2/c16-13(12-5-2-7-20-12)14(19)18-11-4-1-3-10(9-11)15-17-6-8-21-15/h1-9,13H,16H2,(H,18,19). The van der Waals surface area contributed by atoms with Gasteiger partial charge in [-0.2, -0.15) is 0 Å². The third kappa shape index (κ3) is 3.18. The van der Waals surface area contributed by atoms with Crippen LogP contribution >= 0.6 is 22.7 Å². The highest BCUT2D eigenvalue weighted by Crippen LogP contribution is 2.25. The third-order valence-electron chi connectivity index (χ3n) is 2.94. The van der Waals surface area contributed by atoms with Crippen molar-refractivity contribution in [3.63, 3.8) is 0 Å². The maximum atomic E-state index is 12.2. The SMILES string of the molecule is NC(C(=O)Nc1cccc(-c2nccs2)c1)c1cccs1. The molecule has 3 rings (SSSR count). The van der Waals surface area contributed by atoms with Gasteiger partial charge in [0, 0.05) is 27.7 Å². The Morgan fingerprint density at radius 3 is 2.81 bits per heavy atom. The van der Waals surface area contributed by atoms with Gasteiger partial charge in [-0.15, -0.1) is 22.7 Å². The van der Waals surface area contributed by atoms with Crippen molar-refractivity contribution in [1.29, 1.82) is 0 Å². The highest BCUT2D eigenvalue weighted by molar-refractivity contribution is 7.13. The molecule has 0 saturated carbocycles. The molecule has 1 amide bonds. The summed E-state index contributed by atoms with van der Waals surface area (Å²) in [4.78, 5) is 17.3.